The molecule has 2 heterocycles. The maximum atomic E-state index is 11.1. The van der Waals surface area contributed by atoms with Gasteiger partial charge in [-0.05, 0) is 19.4 Å². The molecule has 0 saturated carbocycles. The molecule has 1 aliphatic rings. The number of nitrogens with one attached hydrogen (secondary N) is 1. The highest BCUT2D eigenvalue weighted by atomic mass is 32.2. The number of nitrogens with zero attached hydrogens (tertiary/aromatic N) is 3. The molecule has 0 spiro atoms. The molecule has 2 rings (SSSR count). The molecule has 114 valence electrons. The zero-order valence-electron chi connectivity index (χ0n) is 12.0. The first-order valence-corrected chi connectivity index (χ1v) is 8.91. The van der Waals surface area contributed by atoms with Gasteiger partial charge in [0.25, 0.3) is 0 Å². The smallest absolute Gasteiger partial charge is 0.223 e. The zero-order valence-corrected chi connectivity index (χ0v) is 12.8. The van der Waals surface area contributed by atoms with Crippen LogP contribution in [0.15, 0.2) is 4.52 Å². The zero-order chi connectivity index (χ0) is 14.6. The lowest BCUT2D eigenvalue weighted by Crippen LogP contribution is -2.46. The SMILES string of the molecule is Cc1nc(CN2CCC[C@@H](NCCS(C)(=O)=O)C2)no1. The number of sulfone groups is 1. The highest BCUT2D eigenvalue weighted by Crippen LogP contribution is 2.12. The number of hydrogen-bond donors (Lipinski definition) is 1. The normalized spacial score (nSPS) is 21.2. The van der Waals surface area contributed by atoms with E-state index in [9.17, 15) is 8.42 Å². The molecule has 1 atom stereocenters. The van der Waals surface area contributed by atoms with Crippen LogP contribution >= 0.6 is 0 Å². The van der Waals surface area contributed by atoms with Crippen LogP contribution in [-0.2, 0) is 16.4 Å². The van der Waals surface area contributed by atoms with Crippen LogP contribution in [0.5, 0.6) is 0 Å². The first-order valence-electron chi connectivity index (χ1n) is 6.85. The molecular formula is C12H22N4O3S. The van der Waals surface area contributed by atoms with Crippen LogP contribution in [0.25, 0.3) is 0 Å². The van der Waals surface area contributed by atoms with Crippen LogP contribution in [0.4, 0.5) is 0 Å². The summed E-state index contributed by atoms with van der Waals surface area (Å²) in [6.07, 6.45) is 3.43. The second-order valence-corrected chi connectivity index (χ2v) is 7.65. The average Bonchev–Trinajstić information content (AvgIpc) is 2.73. The van der Waals surface area contributed by atoms with Crippen molar-refractivity contribution in [1.29, 1.82) is 0 Å². The predicted molar refractivity (Wildman–Crippen MR) is 75.0 cm³/mol. The van der Waals surface area contributed by atoms with Crippen molar-refractivity contribution in [2.75, 3.05) is 31.6 Å². The van der Waals surface area contributed by atoms with E-state index >= 15 is 0 Å². The number of aromatic nitrogens is 2. The van der Waals surface area contributed by atoms with E-state index in [1.807, 2.05) is 0 Å². The number of aryl methyl sites for hydroxylation is 1. The highest BCUT2D eigenvalue weighted by Gasteiger charge is 2.21. The third kappa shape index (κ3) is 5.18. The Labute approximate surface area is 119 Å². The molecule has 0 aromatic carbocycles. The van der Waals surface area contributed by atoms with Crippen molar-refractivity contribution in [1.82, 2.24) is 20.4 Å². The maximum Gasteiger partial charge on any atom is 0.223 e. The van der Waals surface area contributed by atoms with Gasteiger partial charge < -0.3 is 9.84 Å². The summed E-state index contributed by atoms with van der Waals surface area (Å²) in [6, 6.07) is 0.332. The van der Waals surface area contributed by atoms with Crippen molar-refractivity contribution in [3.05, 3.63) is 11.7 Å². The summed E-state index contributed by atoms with van der Waals surface area (Å²) in [5, 5.41) is 7.22. The summed E-state index contributed by atoms with van der Waals surface area (Å²) >= 11 is 0. The molecule has 1 aromatic rings. The molecule has 1 fully saturated rings. The van der Waals surface area contributed by atoms with Crippen LogP contribution < -0.4 is 5.32 Å². The highest BCUT2D eigenvalue weighted by molar-refractivity contribution is 7.90. The van der Waals surface area contributed by atoms with Crippen molar-refractivity contribution >= 4 is 9.84 Å². The van der Waals surface area contributed by atoms with Crippen LogP contribution in [0.1, 0.15) is 24.6 Å². The van der Waals surface area contributed by atoms with Gasteiger partial charge in [0.1, 0.15) is 9.84 Å². The van der Waals surface area contributed by atoms with E-state index in [1.165, 1.54) is 6.26 Å². The number of rotatable bonds is 6. The van der Waals surface area contributed by atoms with Gasteiger partial charge in [0.05, 0.1) is 12.3 Å². The fourth-order valence-corrected chi connectivity index (χ4v) is 2.91. The minimum atomic E-state index is -2.89. The first kappa shape index (κ1) is 15.4. The lowest BCUT2D eigenvalue weighted by Gasteiger charge is -2.32. The van der Waals surface area contributed by atoms with Crippen LogP contribution in [0, 0.1) is 6.92 Å². The van der Waals surface area contributed by atoms with Crippen molar-refractivity contribution in [2.24, 2.45) is 0 Å². The second-order valence-electron chi connectivity index (χ2n) is 5.39. The first-order chi connectivity index (χ1) is 9.42. The Balaban J connectivity index is 1.76. The third-order valence-electron chi connectivity index (χ3n) is 3.35. The largest absolute Gasteiger partial charge is 0.340 e. The Morgan fingerprint density at radius 2 is 2.30 bits per heavy atom. The number of piperidine rings is 1. The molecule has 0 bridgehead atoms. The molecule has 0 aliphatic carbocycles. The fraction of sp³-hybridized carbons (Fsp3) is 0.833. The Hall–Kier alpha value is -0.990. The molecule has 1 aromatic heterocycles. The molecular weight excluding hydrogens is 280 g/mol. The summed E-state index contributed by atoms with van der Waals surface area (Å²) in [7, 11) is -2.89. The lowest BCUT2D eigenvalue weighted by atomic mass is 10.1. The van der Waals surface area contributed by atoms with Crippen LogP contribution in [0.2, 0.25) is 0 Å². The molecule has 0 amide bonds. The lowest BCUT2D eigenvalue weighted by molar-refractivity contribution is 0.179. The van der Waals surface area contributed by atoms with E-state index in [1.54, 1.807) is 6.92 Å². The van der Waals surface area contributed by atoms with Gasteiger partial charge in [-0.15, -0.1) is 0 Å². The van der Waals surface area contributed by atoms with E-state index in [0.717, 1.165) is 25.9 Å². The second kappa shape index (κ2) is 6.64. The topological polar surface area (TPSA) is 88.3 Å². The molecule has 0 radical (unpaired) electrons. The molecule has 8 heteroatoms. The van der Waals surface area contributed by atoms with Crippen molar-refractivity contribution in [3.8, 4) is 0 Å². The van der Waals surface area contributed by atoms with E-state index < -0.39 is 9.84 Å². The number of likely N-dealkylation sites (tertiary alicyclic amines) is 1. The quantitative estimate of drug-likeness (QED) is 0.789. The van der Waals surface area contributed by atoms with Gasteiger partial charge in [-0.3, -0.25) is 4.90 Å². The molecule has 1 saturated heterocycles. The third-order valence-corrected chi connectivity index (χ3v) is 4.29. The Morgan fingerprint density at radius 3 is 2.95 bits per heavy atom. The number of hydrogen-bond acceptors (Lipinski definition) is 7. The van der Waals surface area contributed by atoms with Gasteiger partial charge in [-0.25, -0.2) is 8.42 Å². The van der Waals surface area contributed by atoms with Gasteiger partial charge in [-0.2, -0.15) is 4.98 Å². The van der Waals surface area contributed by atoms with Crippen molar-refractivity contribution in [3.63, 3.8) is 0 Å². The minimum absolute atomic E-state index is 0.188. The van der Waals surface area contributed by atoms with Gasteiger partial charge in [0, 0.05) is 32.3 Å². The predicted octanol–water partition coefficient (Wildman–Crippen LogP) is -0.0234. The minimum Gasteiger partial charge on any atom is -0.340 e. The van der Waals surface area contributed by atoms with Gasteiger partial charge >= 0.3 is 0 Å². The average molecular weight is 302 g/mol. The van der Waals surface area contributed by atoms with E-state index in [4.69, 9.17) is 4.52 Å². The van der Waals surface area contributed by atoms with Crippen molar-refractivity contribution in [2.45, 2.75) is 32.4 Å². The molecule has 1 N–H and O–H groups in total. The molecule has 0 unspecified atom stereocenters. The standard InChI is InChI=1S/C12H22N4O3S/c1-10-14-12(15-19-10)9-16-6-3-4-11(8-16)13-5-7-20(2,17)18/h11,13H,3-9H2,1-2H3/t11-/m1/s1. The molecule has 1 aliphatic heterocycles. The van der Waals surface area contributed by atoms with Gasteiger partial charge in [-0.1, -0.05) is 5.16 Å². The van der Waals surface area contributed by atoms with Gasteiger partial charge in [0.15, 0.2) is 5.82 Å². The summed E-state index contributed by atoms with van der Waals surface area (Å²) in [5.41, 5.74) is 0. The summed E-state index contributed by atoms with van der Waals surface area (Å²) < 4.78 is 27.2. The molecule has 7 nitrogen and oxygen atoms in total. The van der Waals surface area contributed by atoms with Crippen LogP contribution in [-0.4, -0.2) is 61.1 Å². The molecule has 20 heavy (non-hydrogen) atoms. The van der Waals surface area contributed by atoms with Gasteiger partial charge in [0.2, 0.25) is 5.89 Å². The Morgan fingerprint density at radius 1 is 1.50 bits per heavy atom. The van der Waals surface area contributed by atoms with E-state index in [2.05, 4.69) is 20.4 Å². The fourth-order valence-electron chi connectivity index (χ4n) is 2.42. The van der Waals surface area contributed by atoms with E-state index in [-0.39, 0.29) is 5.75 Å². The Kier molecular flexibility index (Phi) is 5.11. The summed E-state index contributed by atoms with van der Waals surface area (Å²) in [5.74, 6) is 1.48. The Bertz CT molecular complexity index is 529. The summed E-state index contributed by atoms with van der Waals surface area (Å²) in [4.78, 5) is 6.47. The van der Waals surface area contributed by atoms with Crippen molar-refractivity contribution < 1.29 is 12.9 Å². The maximum absolute atomic E-state index is 11.1. The van der Waals surface area contributed by atoms with Crippen LogP contribution in [0.3, 0.4) is 0 Å². The summed E-state index contributed by atoms with van der Waals surface area (Å²) in [6.45, 7) is 4.87. The van der Waals surface area contributed by atoms with E-state index in [0.29, 0.717) is 30.8 Å². The monoisotopic (exact) mass is 302 g/mol.